The van der Waals surface area contributed by atoms with Crippen LogP contribution in [0.1, 0.15) is 24.0 Å². The van der Waals surface area contributed by atoms with Crippen LogP contribution in [0, 0.1) is 5.82 Å². The number of quaternary nitrogens is 2. The SMILES string of the molecule is Fc1ccc(COc2ccccc2C[NH2+]c2ccc([NH+]3CCCC3)cc2)cc1. The monoisotopic (exact) mass is 378 g/mol. The number of rotatable bonds is 7. The number of halogens is 1. The van der Waals surface area contributed by atoms with Gasteiger partial charge in [-0.25, -0.2) is 4.39 Å². The van der Waals surface area contributed by atoms with Gasteiger partial charge in [0, 0.05) is 42.7 Å². The molecular weight excluding hydrogens is 351 g/mol. The molecule has 4 heteroatoms. The highest BCUT2D eigenvalue weighted by atomic mass is 19.1. The molecule has 3 aromatic carbocycles. The van der Waals surface area contributed by atoms with Crippen LogP contribution in [0.15, 0.2) is 72.8 Å². The summed E-state index contributed by atoms with van der Waals surface area (Å²) in [5.74, 6) is 0.650. The summed E-state index contributed by atoms with van der Waals surface area (Å²) >= 11 is 0. The smallest absolute Gasteiger partial charge is 0.131 e. The van der Waals surface area contributed by atoms with Crippen molar-refractivity contribution in [1.29, 1.82) is 0 Å². The van der Waals surface area contributed by atoms with E-state index in [-0.39, 0.29) is 5.82 Å². The second kappa shape index (κ2) is 9.00. The van der Waals surface area contributed by atoms with E-state index in [0.29, 0.717) is 6.61 Å². The molecule has 0 atom stereocenters. The fourth-order valence-corrected chi connectivity index (χ4v) is 3.73. The quantitative estimate of drug-likeness (QED) is 0.608. The maximum absolute atomic E-state index is 13.0. The predicted octanol–water partition coefficient (Wildman–Crippen LogP) is 3.11. The summed E-state index contributed by atoms with van der Waals surface area (Å²) in [5, 5.41) is 2.24. The van der Waals surface area contributed by atoms with E-state index >= 15 is 0 Å². The number of para-hydroxylation sites is 1. The Labute approximate surface area is 165 Å². The summed E-state index contributed by atoms with van der Waals surface area (Å²) in [6.07, 6.45) is 2.66. The van der Waals surface area contributed by atoms with E-state index in [1.165, 1.54) is 49.4 Å². The normalized spacial score (nSPS) is 14.3. The van der Waals surface area contributed by atoms with Gasteiger partial charge >= 0.3 is 0 Å². The standard InChI is InChI=1S/C24H25FN2O/c25-21-9-7-19(8-10-21)18-28-24-6-2-1-5-20(24)17-26-22-11-13-23(14-12-22)27-15-3-4-16-27/h1-2,5-14,26H,3-4,15-18H2/p+2. The van der Waals surface area contributed by atoms with Crippen LogP contribution in [-0.4, -0.2) is 13.1 Å². The third kappa shape index (κ3) is 4.77. The molecular formula is C24H27FN2O+2. The summed E-state index contributed by atoms with van der Waals surface area (Å²) < 4.78 is 19.0. The molecule has 28 heavy (non-hydrogen) atoms. The van der Waals surface area contributed by atoms with Crippen molar-refractivity contribution in [3.63, 3.8) is 0 Å². The van der Waals surface area contributed by atoms with Crippen molar-refractivity contribution in [3.8, 4) is 5.75 Å². The summed E-state index contributed by atoms with van der Waals surface area (Å²) in [7, 11) is 0. The minimum Gasteiger partial charge on any atom is -0.488 e. The van der Waals surface area contributed by atoms with Crippen LogP contribution in [0.25, 0.3) is 0 Å². The molecule has 3 nitrogen and oxygen atoms in total. The zero-order valence-corrected chi connectivity index (χ0v) is 16.0. The molecule has 1 heterocycles. The highest BCUT2D eigenvalue weighted by Crippen LogP contribution is 2.19. The van der Waals surface area contributed by atoms with E-state index in [2.05, 4.69) is 35.6 Å². The molecule has 0 radical (unpaired) electrons. The Morgan fingerprint density at radius 1 is 0.857 bits per heavy atom. The maximum atomic E-state index is 13.0. The van der Waals surface area contributed by atoms with Gasteiger partial charge in [0.05, 0.1) is 13.1 Å². The number of benzene rings is 3. The first kappa shape index (κ1) is 18.7. The zero-order chi connectivity index (χ0) is 19.2. The molecule has 0 saturated carbocycles. The van der Waals surface area contributed by atoms with Gasteiger partial charge in [0.25, 0.3) is 0 Å². The largest absolute Gasteiger partial charge is 0.488 e. The highest BCUT2D eigenvalue weighted by molar-refractivity contribution is 5.39. The van der Waals surface area contributed by atoms with Crippen LogP contribution < -0.4 is 15.0 Å². The van der Waals surface area contributed by atoms with E-state index in [0.717, 1.165) is 23.4 Å². The van der Waals surface area contributed by atoms with E-state index in [1.54, 1.807) is 17.0 Å². The predicted molar refractivity (Wildman–Crippen MR) is 108 cm³/mol. The van der Waals surface area contributed by atoms with E-state index in [9.17, 15) is 4.39 Å². The molecule has 0 bridgehead atoms. The van der Waals surface area contributed by atoms with E-state index in [1.807, 2.05) is 18.2 Å². The van der Waals surface area contributed by atoms with Crippen molar-refractivity contribution in [3.05, 3.63) is 89.7 Å². The zero-order valence-electron chi connectivity index (χ0n) is 16.0. The molecule has 4 rings (SSSR count). The third-order valence-electron chi connectivity index (χ3n) is 5.36. The van der Waals surface area contributed by atoms with Gasteiger partial charge in [-0.1, -0.05) is 24.3 Å². The van der Waals surface area contributed by atoms with Crippen LogP contribution in [0.2, 0.25) is 0 Å². The molecule has 0 spiro atoms. The van der Waals surface area contributed by atoms with Gasteiger partial charge in [0.1, 0.15) is 36.1 Å². The summed E-state index contributed by atoms with van der Waals surface area (Å²) in [4.78, 5) is 1.60. The second-order valence-electron chi connectivity index (χ2n) is 7.36. The molecule has 0 aromatic heterocycles. The number of hydrogen-bond acceptors (Lipinski definition) is 1. The summed E-state index contributed by atoms with van der Waals surface area (Å²) in [6.45, 7) is 3.75. The number of nitrogens with two attached hydrogens (primary N) is 1. The van der Waals surface area contributed by atoms with Gasteiger partial charge in [-0.3, -0.25) is 0 Å². The number of nitrogens with one attached hydrogen (secondary N) is 1. The molecule has 1 aliphatic heterocycles. The molecule has 0 aliphatic carbocycles. The molecule has 3 N–H and O–H groups in total. The van der Waals surface area contributed by atoms with Crippen molar-refractivity contribution in [1.82, 2.24) is 0 Å². The van der Waals surface area contributed by atoms with Gasteiger partial charge in [-0.15, -0.1) is 0 Å². The van der Waals surface area contributed by atoms with Crippen molar-refractivity contribution < 1.29 is 19.3 Å². The van der Waals surface area contributed by atoms with E-state index in [4.69, 9.17) is 4.74 Å². The molecule has 0 amide bonds. The molecule has 1 saturated heterocycles. The molecule has 3 aromatic rings. The Balaban J connectivity index is 1.36. The third-order valence-corrected chi connectivity index (χ3v) is 5.36. The Morgan fingerprint density at radius 2 is 1.57 bits per heavy atom. The van der Waals surface area contributed by atoms with Crippen LogP contribution >= 0.6 is 0 Å². The van der Waals surface area contributed by atoms with Crippen molar-refractivity contribution >= 4 is 11.4 Å². The van der Waals surface area contributed by atoms with Crippen LogP contribution in [-0.2, 0) is 13.2 Å². The first-order chi connectivity index (χ1) is 13.8. The van der Waals surface area contributed by atoms with Crippen LogP contribution in [0.3, 0.4) is 0 Å². The fraction of sp³-hybridized carbons (Fsp3) is 0.250. The molecule has 1 fully saturated rings. The molecule has 1 aliphatic rings. The lowest BCUT2D eigenvalue weighted by Crippen LogP contribution is -3.04. The first-order valence-corrected chi connectivity index (χ1v) is 10.0. The molecule has 0 unspecified atom stereocenters. The number of hydrogen-bond donors (Lipinski definition) is 2. The van der Waals surface area contributed by atoms with Crippen LogP contribution in [0.4, 0.5) is 15.8 Å². The summed E-state index contributed by atoms with van der Waals surface area (Å²) in [5.41, 5.74) is 4.74. The topological polar surface area (TPSA) is 30.3 Å². The van der Waals surface area contributed by atoms with Gasteiger partial charge < -0.3 is 15.0 Å². The first-order valence-electron chi connectivity index (χ1n) is 10.0. The minimum atomic E-state index is -0.226. The lowest BCUT2D eigenvalue weighted by Gasteiger charge is -2.12. The van der Waals surface area contributed by atoms with Gasteiger partial charge in [-0.2, -0.15) is 0 Å². The average molecular weight is 378 g/mol. The second-order valence-corrected chi connectivity index (χ2v) is 7.36. The van der Waals surface area contributed by atoms with Crippen molar-refractivity contribution in [2.24, 2.45) is 0 Å². The van der Waals surface area contributed by atoms with Crippen LogP contribution in [0.5, 0.6) is 5.75 Å². The average Bonchev–Trinajstić information content (AvgIpc) is 3.28. The van der Waals surface area contributed by atoms with E-state index < -0.39 is 0 Å². The maximum Gasteiger partial charge on any atom is 0.131 e. The lowest BCUT2D eigenvalue weighted by molar-refractivity contribution is -0.818. The van der Waals surface area contributed by atoms with Gasteiger partial charge in [0.2, 0.25) is 0 Å². The summed E-state index contributed by atoms with van der Waals surface area (Å²) in [6, 6.07) is 23.5. The van der Waals surface area contributed by atoms with Gasteiger partial charge in [0.15, 0.2) is 0 Å². The lowest BCUT2D eigenvalue weighted by atomic mass is 10.2. The Bertz CT molecular complexity index is 887. The van der Waals surface area contributed by atoms with Gasteiger partial charge in [-0.05, 0) is 29.8 Å². The van der Waals surface area contributed by atoms with Crippen molar-refractivity contribution in [2.45, 2.75) is 26.0 Å². The fourth-order valence-electron chi connectivity index (χ4n) is 3.73. The Kier molecular flexibility index (Phi) is 6.00. The Morgan fingerprint density at radius 3 is 2.32 bits per heavy atom. The highest BCUT2D eigenvalue weighted by Gasteiger charge is 2.17. The number of ether oxygens (including phenoxy) is 1. The Hall–Kier alpha value is -2.69. The van der Waals surface area contributed by atoms with Crippen molar-refractivity contribution in [2.75, 3.05) is 13.1 Å². The minimum absolute atomic E-state index is 0.226. The molecule has 144 valence electrons.